The van der Waals surface area contributed by atoms with Crippen LogP contribution < -0.4 is 4.74 Å². The molecular weight excluding hydrogens is 593 g/mol. The lowest BCUT2D eigenvalue weighted by Gasteiger charge is -2.21. The summed E-state index contributed by atoms with van der Waals surface area (Å²) in [4.78, 5) is 0. The first-order valence-corrected chi connectivity index (χ1v) is 17.1. The Morgan fingerprint density at radius 1 is 0.429 bits per heavy atom. The van der Waals surface area contributed by atoms with E-state index in [4.69, 9.17) is 4.74 Å². The third kappa shape index (κ3) is 4.47. The van der Waals surface area contributed by atoms with Crippen LogP contribution in [0.25, 0.3) is 76.8 Å². The topological polar surface area (TPSA) is 9.23 Å². The van der Waals surface area contributed by atoms with Gasteiger partial charge in [0.1, 0.15) is 11.9 Å². The first-order chi connectivity index (χ1) is 24.3. The highest BCUT2D eigenvalue weighted by atomic mass is 16.5. The Morgan fingerprint density at radius 3 is 1.76 bits per heavy atom. The fourth-order valence-corrected chi connectivity index (χ4v) is 8.19. The van der Waals surface area contributed by atoms with E-state index in [0.717, 1.165) is 12.2 Å². The molecule has 1 atom stereocenters. The van der Waals surface area contributed by atoms with Gasteiger partial charge in [-0.1, -0.05) is 158 Å². The van der Waals surface area contributed by atoms with Crippen molar-refractivity contribution in [3.05, 3.63) is 187 Å². The number of rotatable bonds is 4. The van der Waals surface area contributed by atoms with Gasteiger partial charge in [-0.3, -0.25) is 0 Å². The van der Waals surface area contributed by atoms with Gasteiger partial charge in [-0.25, -0.2) is 0 Å². The molecule has 0 amide bonds. The highest BCUT2D eigenvalue weighted by Gasteiger charge is 2.30. The predicted molar refractivity (Wildman–Crippen MR) is 207 cm³/mol. The smallest absolute Gasteiger partial charge is 0.128 e. The number of hydrogen-bond acceptors (Lipinski definition) is 1. The highest BCUT2D eigenvalue weighted by molar-refractivity contribution is 6.23. The van der Waals surface area contributed by atoms with Gasteiger partial charge in [-0.2, -0.15) is 0 Å². The molecule has 1 heteroatoms. The van der Waals surface area contributed by atoms with Crippen molar-refractivity contribution in [2.24, 2.45) is 0 Å². The predicted octanol–water partition coefficient (Wildman–Crippen LogP) is 12.8. The molecule has 1 aliphatic carbocycles. The van der Waals surface area contributed by atoms with Crippen LogP contribution in [-0.2, 0) is 0 Å². The second-order valence-corrected chi connectivity index (χ2v) is 13.1. The van der Waals surface area contributed by atoms with Gasteiger partial charge in [-0.05, 0) is 95.0 Å². The van der Waals surface area contributed by atoms with E-state index < -0.39 is 0 Å². The van der Waals surface area contributed by atoms with Crippen molar-refractivity contribution in [3.8, 4) is 39.1 Å². The van der Waals surface area contributed by atoms with Gasteiger partial charge >= 0.3 is 0 Å². The summed E-state index contributed by atoms with van der Waals surface area (Å²) in [5.74, 6) is 0.988. The van der Waals surface area contributed by atoms with E-state index in [2.05, 4.69) is 176 Å². The maximum Gasteiger partial charge on any atom is 0.128 e. The number of para-hydroxylation sites is 1. The van der Waals surface area contributed by atoms with Crippen molar-refractivity contribution >= 4 is 43.5 Å². The van der Waals surface area contributed by atoms with Gasteiger partial charge in [0.2, 0.25) is 0 Å². The molecule has 1 nitrogen and oxygen atoms in total. The van der Waals surface area contributed by atoms with E-state index in [1.54, 1.807) is 0 Å². The molecule has 0 saturated carbocycles. The van der Waals surface area contributed by atoms with Crippen molar-refractivity contribution in [3.63, 3.8) is 0 Å². The summed E-state index contributed by atoms with van der Waals surface area (Å²) in [6.45, 7) is 0. The number of allylic oxidation sites excluding steroid dienone is 2. The van der Waals surface area contributed by atoms with Crippen LogP contribution in [-0.4, -0.2) is 6.10 Å². The quantitative estimate of drug-likeness (QED) is 0.177. The molecule has 10 rings (SSSR count). The molecule has 1 unspecified atom stereocenters. The summed E-state index contributed by atoms with van der Waals surface area (Å²) in [5, 5.41) is 7.56. The van der Waals surface area contributed by atoms with Crippen LogP contribution in [0.15, 0.2) is 176 Å². The minimum absolute atomic E-state index is 0.0986. The monoisotopic (exact) mass is 624 g/mol. The summed E-state index contributed by atoms with van der Waals surface area (Å²) in [6.07, 6.45) is 5.64. The first kappa shape index (κ1) is 27.9. The van der Waals surface area contributed by atoms with Crippen LogP contribution in [0, 0.1) is 0 Å². The lowest BCUT2D eigenvalue weighted by molar-refractivity contribution is 0.279. The molecule has 49 heavy (non-hydrogen) atoms. The Bertz CT molecular complexity index is 2610. The van der Waals surface area contributed by atoms with Gasteiger partial charge in [0.05, 0.1) is 0 Å². The van der Waals surface area contributed by atoms with Gasteiger partial charge < -0.3 is 4.74 Å². The zero-order chi connectivity index (χ0) is 32.3. The molecule has 0 radical (unpaired) electrons. The summed E-state index contributed by atoms with van der Waals surface area (Å²) >= 11 is 0. The Labute approximate surface area is 286 Å². The maximum absolute atomic E-state index is 6.28. The molecule has 0 spiro atoms. The van der Waals surface area contributed by atoms with Crippen molar-refractivity contribution < 1.29 is 4.74 Å². The highest BCUT2D eigenvalue weighted by Crippen LogP contribution is 2.48. The lowest BCUT2D eigenvalue weighted by atomic mass is 9.82. The van der Waals surface area contributed by atoms with E-state index >= 15 is 0 Å². The minimum Gasteiger partial charge on any atom is -0.485 e. The molecule has 230 valence electrons. The summed E-state index contributed by atoms with van der Waals surface area (Å²) in [5.41, 5.74) is 12.5. The van der Waals surface area contributed by atoms with Crippen molar-refractivity contribution in [1.29, 1.82) is 0 Å². The van der Waals surface area contributed by atoms with E-state index in [1.165, 1.54) is 88.0 Å². The van der Waals surface area contributed by atoms with E-state index in [1.807, 2.05) is 0 Å². The molecular formula is C48H32O. The molecule has 0 fully saturated rings. The molecule has 0 bridgehead atoms. The minimum atomic E-state index is 0.0986. The first-order valence-electron chi connectivity index (χ1n) is 17.1. The zero-order valence-corrected chi connectivity index (χ0v) is 26.9. The van der Waals surface area contributed by atoms with Crippen LogP contribution >= 0.6 is 0 Å². The maximum atomic E-state index is 6.28. The standard InChI is InChI=1S/C48H32O/c1-2-17-35-31(13-1)14-12-25-36(35)37-18-3-4-20-39(37)48-42-23-7-5-21-40(42)47(41-22-6-8-24-43(41)48)34-16-11-15-32(29-34)33-27-28-46-44(30-33)38-19-9-10-26-45(38)49-46/h1-27,29-30,46H,28H2. The van der Waals surface area contributed by atoms with Crippen molar-refractivity contribution in [2.75, 3.05) is 0 Å². The largest absolute Gasteiger partial charge is 0.485 e. The van der Waals surface area contributed by atoms with Crippen molar-refractivity contribution in [2.45, 2.75) is 12.5 Å². The Morgan fingerprint density at radius 2 is 0.980 bits per heavy atom. The summed E-state index contributed by atoms with van der Waals surface area (Å²) in [6, 6.07) is 59.7. The van der Waals surface area contributed by atoms with Gasteiger partial charge in [0, 0.05) is 17.6 Å². The molecule has 8 aromatic carbocycles. The third-order valence-corrected chi connectivity index (χ3v) is 10.4. The average molecular weight is 625 g/mol. The van der Waals surface area contributed by atoms with Crippen LogP contribution in [0.3, 0.4) is 0 Å². The number of fused-ring (bicyclic) bond motifs is 6. The molecule has 0 saturated heterocycles. The number of ether oxygens (including phenoxy) is 1. The zero-order valence-electron chi connectivity index (χ0n) is 26.9. The van der Waals surface area contributed by atoms with Gasteiger partial charge in [0.25, 0.3) is 0 Å². The Hall–Kier alpha value is -6.18. The van der Waals surface area contributed by atoms with Gasteiger partial charge in [-0.15, -0.1) is 0 Å². The van der Waals surface area contributed by atoms with Crippen LogP contribution in [0.2, 0.25) is 0 Å². The molecule has 0 aromatic heterocycles. The lowest BCUT2D eigenvalue weighted by Crippen LogP contribution is -2.13. The third-order valence-electron chi connectivity index (χ3n) is 10.4. The average Bonchev–Trinajstić information content (AvgIpc) is 3.55. The Balaban J connectivity index is 1.18. The normalized spacial score (nSPS) is 15.1. The second kappa shape index (κ2) is 11.2. The SMILES string of the molecule is C1=C(c2cccc(-c3c4ccccc4c(-c4ccccc4-c4cccc5ccccc45)c4ccccc34)c2)C=C2c3ccccc3OC2C1. The fourth-order valence-electron chi connectivity index (χ4n) is 8.19. The molecule has 2 aliphatic rings. The van der Waals surface area contributed by atoms with Crippen LogP contribution in [0.5, 0.6) is 5.75 Å². The molecule has 1 aliphatic heterocycles. The van der Waals surface area contributed by atoms with Crippen molar-refractivity contribution in [1.82, 2.24) is 0 Å². The van der Waals surface area contributed by atoms with Gasteiger partial charge in [0.15, 0.2) is 0 Å². The molecule has 0 N–H and O–H groups in total. The second-order valence-electron chi connectivity index (χ2n) is 13.1. The molecule has 1 heterocycles. The number of hydrogen-bond donors (Lipinski definition) is 0. The fraction of sp³-hybridized carbons (Fsp3) is 0.0417. The summed E-state index contributed by atoms with van der Waals surface area (Å²) in [7, 11) is 0. The van der Waals surface area contributed by atoms with Crippen LogP contribution in [0.4, 0.5) is 0 Å². The Kier molecular flexibility index (Phi) is 6.38. The van der Waals surface area contributed by atoms with E-state index in [-0.39, 0.29) is 6.10 Å². The summed E-state index contributed by atoms with van der Waals surface area (Å²) < 4.78 is 6.28. The molecule has 8 aromatic rings. The van der Waals surface area contributed by atoms with Crippen LogP contribution in [0.1, 0.15) is 17.5 Å². The van der Waals surface area contributed by atoms with E-state index in [9.17, 15) is 0 Å². The number of benzene rings is 8. The van der Waals surface area contributed by atoms with E-state index in [0.29, 0.717) is 0 Å².